The maximum absolute atomic E-state index is 0. The summed E-state index contributed by atoms with van der Waals surface area (Å²) in [5.41, 5.74) is 0. The minimum Gasteiger partial charge on any atom is -0.0149 e. The van der Waals surface area contributed by atoms with Crippen LogP contribution in [0.1, 0.15) is 0 Å². The first-order valence-electron chi connectivity index (χ1n) is 0. The average Bonchev–Trinajstić information content (AvgIpc) is 0. The van der Waals surface area contributed by atoms with E-state index in [2.05, 4.69) is 0 Å². The summed E-state index contributed by atoms with van der Waals surface area (Å²) in [4.78, 5) is 0. The van der Waals surface area contributed by atoms with Gasteiger partial charge in [0.25, 0.3) is 0 Å². The Kier molecular flexibility index (Phi) is 170. The summed E-state index contributed by atoms with van der Waals surface area (Å²) in [6.45, 7) is 0. The van der Waals surface area contributed by atoms with Crippen molar-refractivity contribution in [2.75, 3.05) is 0 Å². The van der Waals surface area contributed by atoms with Crippen LogP contribution >= 0.6 is 0 Å². The summed E-state index contributed by atoms with van der Waals surface area (Å²) >= 11 is 0. The van der Waals surface area contributed by atoms with Crippen molar-refractivity contribution in [2.24, 2.45) is 0 Å². The number of hydrogen-bond acceptors (Lipinski definition) is 0. The van der Waals surface area contributed by atoms with E-state index in [4.69, 9.17) is 0 Å². The van der Waals surface area contributed by atoms with Gasteiger partial charge in [0.05, 0.1) is 0 Å². The van der Waals surface area contributed by atoms with Gasteiger partial charge in [-0.25, -0.2) is 0 Å². The second-order valence-electron chi connectivity index (χ2n) is 0. The Balaban J connectivity index is 0. The van der Waals surface area contributed by atoms with E-state index in [9.17, 15) is 0 Å². The van der Waals surface area contributed by atoms with E-state index >= 15 is 0 Å². The van der Waals surface area contributed by atoms with Crippen LogP contribution in [0, 0.1) is 0 Å². The molecule has 0 rings (SSSR count). The minimum atomic E-state index is 0. The molecule has 0 saturated heterocycles. The summed E-state index contributed by atoms with van der Waals surface area (Å²) in [6.07, 6.45) is 0. The standard InChI is InChI=1S/Cu.Ga.Mg.H4Si.5H/h;;;1H4;;;;;. The molecule has 0 aliphatic rings. The molecule has 0 N–H and O–H groups in total. The molecule has 0 bridgehead atoms. The van der Waals surface area contributed by atoms with Crippen LogP contribution in [0.15, 0.2) is 0 Å². The average molecular weight is 195 g/mol. The van der Waals surface area contributed by atoms with Crippen LogP contribution in [-0.2, 0) is 17.1 Å². The van der Waals surface area contributed by atoms with Gasteiger partial charge in [-0.2, -0.15) is 0 Å². The van der Waals surface area contributed by atoms with Gasteiger partial charge < -0.3 is 0 Å². The van der Waals surface area contributed by atoms with Crippen LogP contribution in [0.4, 0.5) is 0 Å². The van der Waals surface area contributed by atoms with Crippen LogP contribution in [0.2, 0.25) is 0 Å². The Bertz CT molecular complexity index is 8.00. The molecule has 0 unspecified atom stereocenters. The van der Waals surface area contributed by atoms with E-state index < -0.39 is 0 Å². The van der Waals surface area contributed by atoms with Gasteiger partial charge in [-0.1, -0.05) is 0 Å². The Labute approximate surface area is 70.2 Å². The molecule has 0 fully saturated rings. The van der Waals surface area contributed by atoms with E-state index in [-0.39, 0.29) is 70.9 Å². The van der Waals surface area contributed by atoms with E-state index in [0.29, 0.717) is 0 Å². The van der Waals surface area contributed by atoms with Crippen LogP contribution in [0.25, 0.3) is 0 Å². The van der Waals surface area contributed by atoms with Crippen LogP contribution in [0.5, 0.6) is 0 Å². The first-order chi connectivity index (χ1) is 0. The summed E-state index contributed by atoms with van der Waals surface area (Å²) in [6, 6.07) is 0. The molecule has 0 atom stereocenters. The van der Waals surface area contributed by atoms with Gasteiger partial charge in [-0.05, 0) is 11.0 Å². The van der Waals surface area contributed by atoms with E-state index in [1.807, 2.05) is 0 Å². The van der Waals surface area contributed by atoms with E-state index in [1.54, 1.807) is 0 Å². The van der Waals surface area contributed by atoms with Crippen LogP contribution in [-0.4, -0.2) is 53.8 Å². The molecule has 0 saturated carbocycles. The van der Waals surface area contributed by atoms with Crippen LogP contribution < -0.4 is 0 Å². The van der Waals surface area contributed by atoms with Gasteiger partial charge in [0.2, 0.25) is 0 Å². The van der Waals surface area contributed by atoms with Gasteiger partial charge in [-0.3, -0.25) is 0 Å². The molecule has 0 spiro atoms. The fraction of sp³-hybridized carbons (Fsp3) is 0. The number of hydrogen-bond donors (Lipinski definition) is 0. The van der Waals surface area contributed by atoms with Crippen molar-refractivity contribution in [3.8, 4) is 0 Å². The Morgan fingerprint density at radius 2 is 1.00 bits per heavy atom. The van der Waals surface area contributed by atoms with Gasteiger partial charge >= 0.3 is 42.8 Å². The third-order valence-corrected chi connectivity index (χ3v) is 0. The van der Waals surface area contributed by atoms with Crippen molar-refractivity contribution < 1.29 is 17.1 Å². The van der Waals surface area contributed by atoms with Crippen molar-refractivity contribution in [3.05, 3.63) is 0 Å². The fourth-order valence-electron chi connectivity index (χ4n) is 0. The molecule has 4 heteroatoms. The molecule has 0 aromatic heterocycles. The third-order valence-electron chi connectivity index (χ3n) is 0. The Morgan fingerprint density at radius 3 is 1.00 bits per heavy atom. The predicted octanol–water partition coefficient (Wildman–Crippen LogP) is -3.55. The zero-order valence-electron chi connectivity index (χ0n) is 0.302. The quantitative estimate of drug-likeness (QED) is 0.351. The third kappa shape index (κ3) is 8.91. The molecular formula is H9CuGaMgSi. The largest absolute Gasteiger partial charge is 0.316 e. The van der Waals surface area contributed by atoms with Gasteiger partial charge in [-0.15, -0.1) is 0 Å². The zero-order valence-corrected chi connectivity index (χ0v) is 1.24. The zero-order chi connectivity index (χ0) is 0. The molecule has 4 heavy (non-hydrogen) atoms. The monoisotopic (exact) mass is 193 g/mol. The van der Waals surface area contributed by atoms with Crippen molar-refractivity contribution in [2.45, 2.75) is 0 Å². The van der Waals surface area contributed by atoms with Crippen molar-refractivity contribution >= 4 is 53.8 Å². The molecule has 0 heterocycles. The predicted molar refractivity (Wildman–Crippen MR) is 29.8 cm³/mol. The van der Waals surface area contributed by atoms with Crippen molar-refractivity contribution in [3.63, 3.8) is 0 Å². The van der Waals surface area contributed by atoms with E-state index in [1.165, 1.54) is 0 Å². The molecule has 0 nitrogen and oxygen atoms in total. The normalized spacial score (nSPS) is 0. The number of rotatable bonds is 0. The smallest absolute Gasteiger partial charge is 0.0149 e. The molecule has 0 aliphatic carbocycles. The Hall–Kier alpha value is 2.14. The fourth-order valence-corrected chi connectivity index (χ4v) is 0. The van der Waals surface area contributed by atoms with E-state index in [0.717, 1.165) is 0 Å². The molecule has 0 aliphatic heterocycles. The summed E-state index contributed by atoms with van der Waals surface area (Å²) in [5, 5.41) is 0. The minimum absolute atomic E-state index is 0. The molecule has 0 aromatic rings. The Morgan fingerprint density at radius 1 is 1.00 bits per heavy atom. The van der Waals surface area contributed by atoms with Crippen molar-refractivity contribution in [1.29, 1.82) is 0 Å². The van der Waals surface area contributed by atoms with Crippen molar-refractivity contribution in [1.82, 2.24) is 0 Å². The van der Waals surface area contributed by atoms with Gasteiger partial charge in [0.15, 0.2) is 0 Å². The molecule has 0 amide bonds. The summed E-state index contributed by atoms with van der Waals surface area (Å²) in [5.74, 6) is 0. The second-order valence-corrected chi connectivity index (χ2v) is 0. The summed E-state index contributed by atoms with van der Waals surface area (Å²) in [7, 11) is 0. The molecule has 29 valence electrons. The van der Waals surface area contributed by atoms with Crippen LogP contribution in [0.3, 0.4) is 0 Å². The topological polar surface area (TPSA) is 0 Å². The maximum Gasteiger partial charge on any atom is 0.316 e. The second kappa shape index (κ2) is 19.2. The first-order valence-corrected chi connectivity index (χ1v) is 0. The van der Waals surface area contributed by atoms with Gasteiger partial charge in [0, 0.05) is 17.1 Å². The molecule has 1 radical (unpaired) electrons. The SMILES string of the molecule is [Cu].[GaH3].[MgH2].[SiH4]. The molecular weight excluding hydrogens is 186 g/mol. The van der Waals surface area contributed by atoms with Gasteiger partial charge in [0.1, 0.15) is 0 Å². The molecule has 0 aromatic carbocycles. The maximum atomic E-state index is 0. The summed E-state index contributed by atoms with van der Waals surface area (Å²) < 4.78 is 0. The first kappa shape index (κ1) is 35.4.